The number of hydrogen-bond donors (Lipinski definition) is 2. The van der Waals surface area contributed by atoms with Crippen molar-refractivity contribution in [1.82, 2.24) is 20.2 Å². The Morgan fingerprint density at radius 1 is 1.12 bits per heavy atom. The molecule has 1 saturated heterocycles. The lowest BCUT2D eigenvalue weighted by molar-refractivity contribution is 0.0199. The first-order chi connectivity index (χ1) is 19.2. The number of piperidine rings is 1. The van der Waals surface area contributed by atoms with Crippen LogP contribution in [0, 0.1) is 12.8 Å². The Morgan fingerprint density at radius 2 is 1.90 bits per heavy atom. The van der Waals surface area contributed by atoms with Gasteiger partial charge in [-0.05, 0) is 77.5 Å². The van der Waals surface area contributed by atoms with Crippen LogP contribution in [0.25, 0.3) is 22.2 Å². The predicted octanol–water partition coefficient (Wildman–Crippen LogP) is 5.19. The number of aromatic nitrogens is 2. The summed E-state index contributed by atoms with van der Waals surface area (Å²) >= 11 is 0. The van der Waals surface area contributed by atoms with Crippen LogP contribution in [0.5, 0.6) is 17.2 Å². The lowest BCUT2D eigenvalue weighted by Gasteiger charge is -2.33. The maximum absolute atomic E-state index is 13.6. The van der Waals surface area contributed by atoms with Crippen molar-refractivity contribution in [3.05, 3.63) is 35.7 Å². The zero-order chi connectivity index (χ0) is 28.0. The standard InChI is InChI=1S/C30H36N4O6/c1-17-23(28(35)33-19-10-13-34(14-11-19)29(36)40-30(2,3)4)26-25(32-17)20(9-12-31-26)24-21(37-15-18-5-6-18)7-8-22-27(24)39-16-38-22/h7-9,12,18-19,32H,5-6,10-11,13-16H2,1-4H3,(H,33,35). The van der Waals surface area contributed by atoms with Gasteiger partial charge in [-0.2, -0.15) is 0 Å². The molecule has 0 radical (unpaired) electrons. The molecule has 2 amide bonds. The molecule has 2 N–H and O–H groups in total. The van der Waals surface area contributed by atoms with Crippen LogP contribution in [0.1, 0.15) is 62.5 Å². The maximum Gasteiger partial charge on any atom is 0.410 e. The second-order valence-electron chi connectivity index (χ2n) is 11.8. The number of ether oxygens (including phenoxy) is 4. The van der Waals surface area contributed by atoms with Crippen molar-refractivity contribution in [3.63, 3.8) is 0 Å². The number of carbonyl (C=O) groups excluding carboxylic acids is 2. The first kappa shape index (κ1) is 26.3. The van der Waals surface area contributed by atoms with Gasteiger partial charge in [0.2, 0.25) is 6.79 Å². The van der Waals surface area contributed by atoms with Crippen molar-refractivity contribution in [2.75, 3.05) is 26.5 Å². The molecule has 40 heavy (non-hydrogen) atoms. The molecule has 0 bridgehead atoms. The van der Waals surface area contributed by atoms with E-state index in [9.17, 15) is 9.59 Å². The van der Waals surface area contributed by atoms with Gasteiger partial charge in [0.05, 0.1) is 23.3 Å². The van der Waals surface area contributed by atoms with Crippen molar-refractivity contribution in [2.45, 2.75) is 65.0 Å². The fraction of sp³-hybridized carbons (Fsp3) is 0.500. The van der Waals surface area contributed by atoms with Gasteiger partial charge in [0, 0.05) is 36.6 Å². The van der Waals surface area contributed by atoms with Crippen LogP contribution in [0.2, 0.25) is 0 Å². The Balaban J connectivity index is 1.24. The molecule has 1 aromatic carbocycles. The first-order valence-corrected chi connectivity index (χ1v) is 14.0. The van der Waals surface area contributed by atoms with Crippen LogP contribution >= 0.6 is 0 Å². The van der Waals surface area contributed by atoms with Gasteiger partial charge >= 0.3 is 6.09 Å². The summed E-state index contributed by atoms with van der Waals surface area (Å²) in [6.45, 7) is 9.31. The number of H-pyrrole nitrogens is 1. The molecular weight excluding hydrogens is 512 g/mol. The number of aryl methyl sites for hydroxylation is 1. The first-order valence-electron chi connectivity index (χ1n) is 14.0. The van der Waals surface area contributed by atoms with Gasteiger partial charge in [-0.15, -0.1) is 0 Å². The SMILES string of the molecule is Cc1[nH]c2c(-c3c(OCC4CC4)ccc4c3OCO4)ccnc2c1C(=O)NC1CCN(C(=O)OC(C)(C)C)CC1. The molecule has 3 aromatic rings. The summed E-state index contributed by atoms with van der Waals surface area (Å²) in [7, 11) is 0. The summed E-state index contributed by atoms with van der Waals surface area (Å²) in [5.74, 6) is 2.43. The molecule has 2 fully saturated rings. The quantitative estimate of drug-likeness (QED) is 0.436. The smallest absolute Gasteiger partial charge is 0.410 e. The van der Waals surface area contributed by atoms with Gasteiger partial charge in [0.25, 0.3) is 5.91 Å². The van der Waals surface area contributed by atoms with E-state index < -0.39 is 5.60 Å². The van der Waals surface area contributed by atoms with Crippen LogP contribution in [0.15, 0.2) is 24.4 Å². The fourth-order valence-corrected chi connectivity index (χ4v) is 5.30. The zero-order valence-electron chi connectivity index (χ0n) is 23.5. The highest BCUT2D eigenvalue weighted by atomic mass is 16.7. The van der Waals surface area contributed by atoms with Crippen LogP contribution in [-0.2, 0) is 4.74 Å². The topological polar surface area (TPSA) is 115 Å². The molecule has 10 heteroatoms. The van der Waals surface area contributed by atoms with Gasteiger partial charge in [-0.25, -0.2) is 4.79 Å². The van der Waals surface area contributed by atoms with Gasteiger partial charge in [-0.1, -0.05) is 0 Å². The van der Waals surface area contributed by atoms with Gasteiger partial charge in [0.1, 0.15) is 16.9 Å². The largest absolute Gasteiger partial charge is 0.493 e. The second-order valence-corrected chi connectivity index (χ2v) is 11.8. The number of nitrogens with one attached hydrogen (secondary N) is 2. The molecule has 6 rings (SSSR count). The lowest BCUT2D eigenvalue weighted by Crippen LogP contribution is -2.47. The Kier molecular flexibility index (Phi) is 6.72. The molecule has 3 aliphatic rings. The number of pyridine rings is 1. The molecule has 2 aromatic heterocycles. The molecule has 0 unspecified atom stereocenters. The average molecular weight is 549 g/mol. The van der Waals surface area contributed by atoms with E-state index in [-0.39, 0.29) is 24.8 Å². The van der Waals surface area contributed by atoms with E-state index in [4.69, 9.17) is 18.9 Å². The Hall–Kier alpha value is -3.95. The monoisotopic (exact) mass is 548 g/mol. The van der Waals surface area contributed by atoms with E-state index >= 15 is 0 Å². The van der Waals surface area contributed by atoms with E-state index in [0.717, 1.165) is 28.1 Å². The number of amides is 2. The Bertz CT molecular complexity index is 1450. The van der Waals surface area contributed by atoms with Crippen molar-refractivity contribution in [1.29, 1.82) is 0 Å². The van der Waals surface area contributed by atoms with Crippen LogP contribution in [-0.4, -0.2) is 65.0 Å². The summed E-state index contributed by atoms with van der Waals surface area (Å²) in [6.07, 6.45) is 5.08. The van der Waals surface area contributed by atoms with Crippen LogP contribution < -0.4 is 19.5 Å². The maximum atomic E-state index is 13.6. The minimum atomic E-state index is -0.538. The minimum Gasteiger partial charge on any atom is -0.493 e. The third kappa shape index (κ3) is 5.26. The van der Waals surface area contributed by atoms with Crippen molar-refractivity contribution < 1.29 is 28.5 Å². The summed E-state index contributed by atoms with van der Waals surface area (Å²) in [5.41, 5.74) is 3.66. The van der Waals surface area contributed by atoms with Crippen LogP contribution in [0.3, 0.4) is 0 Å². The number of rotatable bonds is 6. The lowest BCUT2D eigenvalue weighted by atomic mass is 10.0. The molecule has 0 spiro atoms. The summed E-state index contributed by atoms with van der Waals surface area (Å²) in [4.78, 5) is 35.7. The Labute approximate surface area is 233 Å². The van der Waals surface area contributed by atoms with E-state index in [1.165, 1.54) is 12.8 Å². The number of hydrogen-bond acceptors (Lipinski definition) is 7. The third-order valence-electron chi connectivity index (χ3n) is 7.53. The molecule has 212 valence electrons. The van der Waals surface area contributed by atoms with Crippen LogP contribution in [0.4, 0.5) is 4.79 Å². The average Bonchev–Trinajstić information content (AvgIpc) is 3.49. The minimum absolute atomic E-state index is 0.0518. The normalized spacial score (nSPS) is 17.2. The number of nitrogens with zero attached hydrogens (tertiary/aromatic N) is 2. The highest BCUT2D eigenvalue weighted by molar-refractivity contribution is 6.10. The van der Waals surface area contributed by atoms with Gasteiger partial charge in [-0.3, -0.25) is 9.78 Å². The van der Waals surface area contributed by atoms with Crippen molar-refractivity contribution in [2.24, 2.45) is 5.92 Å². The summed E-state index contributed by atoms with van der Waals surface area (Å²) < 4.78 is 23.3. The van der Waals surface area contributed by atoms with Gasteiger partial charge in [0.15, 0.2) is 11.5 Å². The summed E-state index contributed by atoms with van der Waals surface area (Å²) in [6, 6.07) is 5.65. The molecule has 10 nitrogen and oxygen atoms in total. The number of benzene rings is 1. The van der Waals surface area contributed by atoms with E-state index in [2.05, 4.69) is 15.3 Å². The molecule has 2 aliphatic heterocycles. The molecule has 1 saturated carbocycles. The van der Waals surface area contributed by atoms with E-state index in [1.54, 1.807) is 11.1 Å². The van der Waals surface area contributed by atoms with E-state index in [1.807, 2.05) is 45.9 Å². The molecule has 4 heterocycles. The molecular formula is C30H36N4O6. The Morgan fingerprint density at radius 3 is 2.62 bits per heavy atom. The predicted molar refractivity (Wildman–Crippen MR) is 149 cm³/mol. The number of fused-ring (bicyclic) bond motifs is 2. The number of likely N-dealkylation sites (tertiary alicyclic amines) is 1. The molecule has 1 aliphatic carbocycles. The summed E-state index contributed by atoms with van der Waals surface area (Å²) in [5, 5.41) is 3.17. The highest BCUT2D eigenvalue weighted by Crippen LogP contribution is 2.49. The second kappa shape index (κ2) is 10.2. The molecule has 0 atom stereocenters. The van der Waals surface area contributed by atoms with Crippen molar-refractivity contribution in [3.8, 4) is 28.4 Å². The van der Waals surface area contributed by atoms with Crippen molar-refractivity contribution >= 4 is 23.0 Å². The van der Waals surface area contributed by atoms with E-state index in [0.29, 0.717) is 61.0 Å². The third-order valence-corrected chi connectivity index (χ3v) is 7.53. The van der Waals surface area contributed by atoms with Gasteiger partial charge < -0.3 is 34.1 Å². The number of aromatic amines is 1. The zero-order valence-corrected chi connectivity index (χ0v) is 23.5. The fourth-order valence-electron chi connectivity index (χ4n) is 5.30. The highest BCUT2D eigenvalue weighted by Gasteiger charge is 2.31. The number of carbonyl (C=O) groups is 2.